The molecule has 0 unspecified atom stereocenters. The Kier molecular flexibility index (Phi) is 5.97. The third kappa shape index (κ3) is 4.35. The van der Waals surface area contributed by atoms with Crippen LogP contribution in [-0.2, 0) is 13.1 Å². The summed E-state index contributed by atoms with van der Waals surface area (Å²) in [6.45, 7) is 0.168. The normalized spacial score (nSPS) is 11.1. The number of methoxy groups -OCH3 is 1. The van der Waals surface area contributed by atoms with Gasteiger partial charge in [0, 0.05) is 18.2 Å². The average molecular weight is 473 g/mol. The smallest absolute Gasteiger partial charge is 0.335 e. The van der Waals surface area contributed by atoms with Gasteiger partial charge in [0.15, 0.2) is 5.65 Å². The number of fused-ring (bicyclic) bond motifs is 1. The van der Waals surface area contributed by atoms with E-state index in [9.17, 15) is 13.6 Å². The van der Waals surface area contributed by atoms with E-state index in [1.54, 1.807) is 24.3 Å². The molecule has 2 heterocycles. The van der Waals surface area contributed by atoms with Gasteiger partial charge in [-0.3, -0.25) is 4.57 Å². The maximum absolute atomic E-state index is 14.4. The number of aromatic nitrogens is 4. The van der Waals surface area contributed by atoms with Crippen molar-refractivity contribution in [3.63, 3.8) is 0 Å². The summed E-state index contributed by atoms with van der Waals surface area (Å²) in [5.74, 6) is -0.610. The van der Waals surface area contributed by atoms with Crippen LogP contribution in [0.1, 0.15) is 11.1 Å². The average Bonchev–Trinajstić information content (AvgIpc) is 3.16. The van der Waals surface area contributed by atoms with E-state index < -0.39 is 17.3 Å². The van der Waals surface area contributed by atoms with Crippen LogP contribution in [0.25, 0.3) is 16.9 Å². The van der Waals surface area contributed by atoms with E-state index in [-0.39, 0.29) is 12.1 Å². The minimum Gasteiger partial charge on any atom is -0.497 e. The van der Waals surface area contributed by atoms with Crippen LogP contribution in [-0.4, -0.2) is 26.2 Å². The van der Waals surface area contributed by atoms with Gasteiger partial charge in [-0.1, -0.05) is 42.5 Å². The van der Waals surface area contributed by atoms with Gasteiger partial charge in [0.05, 0.1) is 25.5 Å². The summed E-state index contributed by atoms with van der Waals surface area (Å²) in [6, 6.07) is 20.3. The van der Waals surface area contributed by atoms with Crippen LogP contribution >= 0.6 is 0 Å². The van der Waals surface area contributed by atoms with Crippen LogP contribution in [0, 0.1) is 11.6 Å². The quantitative estimate of drug-likeness (QED) is 0.376. The van der Waals surface area contributed by atoms with Crippen molar-refractivity contribution < 1.29 is 13.5 Å². The van der Waals surface area contributed by atoms with E-state index in [0.717, 1.165) is 17.7 Å². The number of halogens is 2. The standard InChI is InChI=1S/C26H21F2N5O2/c1-35-19-10-5-9-18(13-19)33-24-23(15-30-25(31-24)29-14-17-7-3-2-4-8-17)32(26(33)34)16-20-21(27)11-6-12-22(20)28/h2-13,15H,14,16H2,1H3,(H,29,30,31). The predicted molar refractivity (Wildman–Crippen MR) is 129 cm³/mol. The van der Waals surface area contributed by atoms with E-state index in [1.807, 2.05) is 30.3 Å². The first-order chi connectivity index (χ1) is 17.0. The van der Waals surface area contributed by atoms with Crippen molar-refractivity contribution >= 4 is 17.1 Å². The highest BCUT2D eigenvalue weighted by molar-refractivity contribution is 5.74. The maximum Gasteiger partial charge on any atom is 0.335 e. The molecular formula is C26H21F2N5O2. The molecule has 3 aromatic carbocycles. The number of rotatable bonds is 7. The van der Waals surface area contributed by atoms with Gasteiger partial charge >= 0.3 is 5.69 Å². The molecule has 0 radical (unpaired) electrons. The van der Waals surface area contributed by atoms with Crippen LogP contribution in [0.4, 0.5) is 14.7 Å². The molecule has 0 aliphatic heterocycles. The summed E-state index contributed by atoms with van der Waals surface area (Å²) in [5, 5.41) is 3.16. The van der Waals surface area contributed by atoms with Crippen LogP contribution in [0.15, 0.2) is 83.8 Å². The van der Waals surface area contributed by atoms with Crippen molar-refractivity contribution in [2.45, 2.75) is 13.1 Å². The Morgan fingerprint density at radius 2 is 1.71 bits per heavy atom. The molecule has 0 spiro atoms. The zero-order valence-electron chi connectivity index (χ0n) is 18.8. The first-order valence-electron chi connectivity index (χ1n) is 10.9. The molecular weight excluding hydrogens is 452 g/mol. The highest BCUT2D eigenvalue weighted by Crippen LogP contribution is 2.22. The SMILES string of the molecule is COc1cccc(-n2c(=O)n(Cc3c(F)cccc3F)c3cnc(NCc4ccccc4)nc32)c1. The van der Waals surface area contributed by atoms with Gasteiger partial charge in [-0.05, 0) is 29.8 Å². The highest BCUT2D eigenvalue weighted by Gasteiger charge is 2.20. The number of ether oxygens (including phenoxy) is 1. The minimum absolute atomic E-state index is 0.217. The molecule has 0 fully saturated rings. The first kappa shape index (κ1) is 22.3. The molecule has 0 bridgehead atoms. The fraction of sp³-hybridized carbons (Fsp3) is 0.115. The number of nitrogens with one attached hydrogen (secondary N) is 1. The third-order valence-electron chi connectivity index (χ3n) is 5.66. The highest BCUT2D eigenvalue weighted by atomic mass is 19.1. The summed E-state index contributed by atoms with van der Waals surface area (Å²) in [5.41, 5.74) is 1.45. The zero-order chi connectivity index (χ0) is 24.4. The molecule has 2 aromatic heterocycles. The van der Waals surface area contributed by atoms with E-state index in [4.69, 9.17) is 4.74 Å². The molecule has 0 amide bonds. The molecule has 7 nitrogen and oxygen atoms in total. The van der Waals surface area contributed by atoms with Gasteiger partial charge in [-0.2, -0.15) is 4.98 Å². The van der Waals surface area contributed by atoms with E-state index >= 15 is 0 Å². The third-order valence-corrected chi connectivity index (χ3v) is 5.66. The molecule has 9 heteroatoms. The number of hydrogen-bond donors (Lipinski definition) is 1. The molecule has 176 valence electrons. The second-order valence-corrected chi connectivity index (χ2v) is 7.85. The van der Waals surface area contributed by atoms with Gasteiger partial charge in [0.1, 0.15) is 22.9 Å². The molecule has 0 aliphatic carbocycles. The predicted octanol–water partition coefficient (Wildman–Crippen LogP) is 4.53. The van der Waals surface area contributed by atoms with Crippen molar-refractivity contribution in [1.29, 1.82) is 0 Å². The largest absolute Gasteiger partial charge is 0.497 e. The van der Waals surface area contributed by atoms with E-state index in [1.165, 1.54) is 28.5 Å². The zero-order valence-corrected chi connectivity index (χ0v) is 18.8. The van der Waals surface area contributed by atoms with E-state index in [2.05, 4.69) is 15.3 Å². The first-order valence-corrected chi connectivity index (χ1v) is 10.9. The Morgan fingerprint density at radius 3 is 2.46 bits per heavy atom. The summed E-state index contributed by atoms with van der Waals surface area (Å²) in [7, 11) is 1.53. The van der Waals surface area contributed by atoms with Crippen molar-refractivity contribution in [2.24, 2.45) is 0 Å². The fourth-order valence-corrected chi connectivity index (χ4v) is 3.87. The van der Waals surface area contributed by atoms with Gasteiger partial charge in [-0.25, -0.2) is 23.1 Å². The van der Waals surface area contributed by atoms with Crippen LogP contribution in [0.2, 0.25) is 0 Å². The minimum atomic E-state index is -0.735. The van der Waals surface area contributed by atoms with Crippen LogP contribution in [0.5, 0.6) is 5.75 Å². The van der Waals surface area contributed by atoms with Crippen molar-refractivity contribution in [1.82, 2.24) is 19.1 Å². The summed E-state index contributed by atoms with van der Waals surface area (Å²) < 4.78 is 36.8. The topological polar surface area (TPSA) is 74.0 Å². The Labute approximate surface area is 199 Å². The van der Waals surface area contributed by atoms with Gasteiger partial charge in [-0.15, -0.1) is 0 Å². The van der Waals surface area contributed by atoms with E-state index in [0.29, 0.717) is 35.1 Å². The Bertz CT molecular complexity index is 1540. The van der Waals surface area contributed by atoms with Crippen LogP contribution < -0.4 is 15.7 Å². The maximum atomic E-state index is 14.4. The number of hydrogen-bond acceptors (Lipinski definition) is 5. The van der Waals surface area contributed by atoms with Gasteiger partial charge in [0.25, 0.3) is 0 Å². The number of nitrogens with zero attached hydrogens (tertiary/aromatic N) is 4. The van der Waals surface area contributed by atoms with Crippen LogP contribution in [0.3, 0.4) is 0 Å². The van der Waals surface area contributed by atoms with Crippen molar-refractivity contribution in [3.8, 4) is 11.4 Å². The lowest BCUT2D eigenvalue weighted by Crippen LogP contribution is -2.24. The molecule has 0 saturated heterocycles. The molecule has 5 rings (SSSR count). The number of anilines is 1. The Hall–Kier alpha value is -4.53. The molecule has 0 aliphatic rings. The Morgan fingerprint density at radius 1 is 0.971 bits per heavy atom. The molecule has 5 aromatic rings. The van der Waals surface area contributed by atoms with Gasteiger partial charge < -0.3 is 10.1 Å². The fourth-order valence-electron chi connectivity index (χ4n) is 3.87. The Balaban J connectivity index is 1.64. The molecule has 0 atom stereocenters. The molecule has 0 saturated carbocycles. The van der Waals surface area contributed by atoms with Crippen molar-refractivity contribution in [2.75, 3.05) is 12.4 Å². The lowest BCUT2D eigenvalue weighted by Gasteiger charge is -2.07. The van der Waals surface area contributed by atoms with Crippen molar-refractivity contribution in [3.05, 3.63) is 112 Å². The summed E-state index contributed by atoms with van der Waals surface area (Å²) >= 11 is 0. The number of benzene rings is 3. The lowest BCUT2D eigenvalue weighted by molar-refractivity contribution is 0.414. The monoisotopic (exact) mass is 473 g/mol. The number of imidazole rings is 1. The molecule has 1 N–H and O–H groups in total. The summed E-state index contributed by atoms with van der Waals surface area (Å²) in [4.78, 5) is 22.5. The lowest BCUT2D eigenvalue weighted by atomic mass is 10.2. The second-order valence-electron chi connectivity index (χ2n) is 7.85. The molecule has 35 heavy (non-hydrogen) atoms. The summed E-state index contributed by atoms with van der Waals surface area (Å²) in [6.07, 6.45) is 1.48. The second kappa shape index (κ2) is 9.38. The van der Waals surface area contributed by atoms with Gasteiger partial charge in [0.2, 0.25) is 5.95 Å².